The number of nitrogens with one attached hydrogen (secondary N) is 2. The SMILES string of the molecule is O=C(Nc1cccc(F)c1)NC1C[C@H]2CCC[C@@H](C1)N2Cc1cccs1. The fourth-order valence-corrected chi connectivity index (χ4v) is 5.07. The molecule has 26 heavy (non-hydrogen) atoms. The van der Waals surface area contributed by atoms with E-state index in [9.17, 15) is 9.18 Å². The molecule has 2 N–H and O–H groups in total. The zero-order valence-corrected chi connectivity index (χ0v) is 15.5. The third kappa shape index (κ3) is 4.07. The molecule has 0 saturated carbocycles. The first kappa shape index (κ1) is 17.5. The molecule has 1 aromatic heterocycles. The fourth-order valence-electron chi connectivity index (χ4n) is 4.36. The minimum absolute atomic E-state index is 0.179. The molecule has 2 saturated heterocycles. The van der Waals surface area contributed by atoms with E-state index in [1.165, 1.54) is 36.3 Å². The van der Waals surface area contributed by atoms with Crippen LogP contribution in [0.25, 0.3) is 0 Å². The quantitative estimate of drug-likeness (QED) is 0.823. The van der Waals surface area contributed by atoms with Crippen molar-refractivity contribution in [1.29, 1.82) is 0 Å². The van der Waals surface area contributed by atoms with Crippen LogP contribution < -0.4 is 10.6 Å². The van der Waals surface area contributed by atoms with Crippen LogP contribution in [-0.2, 0) is 6.54 Å². The minimum Gasteiger partial charge on any atom is -0.335 e. The average Bonchev–Trinajstić information content (AvgIpc) is 3.08. The number of hydrogen-bond acceptors (Lipinski definition) is 3. The van der Waals surface area contributed by atoms with Gasteiger partial charge < -0.3 is 10.6 Å². The lowest BCUT2D eigenvalue weighted by molar-refractivity contribution is 0.0208. The number of thiophene rings is 1. The monoisotopic (exact) mass is 373 g/mol. The second-order valence-corrected chi connectivity index (χ2v) is 8.30. The lowest BCUT2D eigenvalue weighted by Crippen LogP contribution is -2.56. The van der Waals surface area contributed by atoms with E-state index in [1.807, 2.05) is 11.3 Å². The van der Waals surface area contributed by atoms with Gasteiger partial charge in [0.05, 0.1) is 0 Å². The first-order valence-electron chi connectivity index (χ1n) is 9.28. The van der Waals surface area contributed by atoms with Gasteiger partial charge in [0.25, 0.3) is 0 Å². The molecule has 2 bridgehead atoms. The van der Waals surface area contributed by atoms with E-state index in [1.54, 1.807) is 12.1 Å². The summed E-state index contributed by atoms with van der Waals surface area (Å²) in [5.41, 5.74) is 0.484. The highest BCUT2D eigenvalue weighted by atomic mass is 32.1. The number of piperidine rings is 2. The van der Waals surface area contributed by atoms with E-state index >= 15 is 0 Å². The predicted molar refractivity (Wildman–Crippen MR) is 103 cm³/mol. The van der Waals surface area contributed by atoms with Gasteiger partial charge in [-0.15, -0.1) is 11.3 Å². The van der Waals surface area contributed by atoms with Gasteiger partial charge in [0.1, 0.15) is 5.82 Å². The molecule has 0 aliphatic carbocycles. The maximum Gasteiger partial charge on any atom is 0.319 e. The highest BCUT2D eigenvalue weighted by Gasteiger charge is 2.38. The van der Waals surface area contributed by atoms with E-state index in [0.717, 1.165) is 19.4 Å². The molecule has 2 aliphatic rings. The number of urea groups is 1. The molecular weight excluding hydrogens is 349 g/mol. The number of hydrogen-bond donors (Lipinski definition) is 2. The number of nitrogens with zero attached hydrogens (tertiary/aromatic N) is 1. The topological polar surface area (TPSA) is 44.4 Å². The van der Waals surface area contributed by atoms with E-state index in [0.29, 0.717) is 17.8 Å². The van der Waals surface area contributed by atoms with Crippen molar-refractivity contribution in [2.75, 3.05) is 5.32 Å². The number of fused-ring (bicyclic) bond motifs is 2. The van der Waals surface area contributed by atoms with Crippen molar-refractivity contribution < 1.29 is 9.18 Å². The third-order valence-electron chi connectivity index (χ3n) is 5.46. The molecule has 2 amide bonds. The standard InChI is InChI=1S/C20H24FN3OS/c21-14-4-1-5-15(10-14)22-20(25)23-16-11-17-6-2-7-18(12-16)24(17)13-19-8-3-9-26-19/h1,3-5,8-10,16-18H,2,6-7,11-13H2,(H2,22,23,25)/t16?,17-,18+. The molecule has 138 valence electrons. The van der Waals surface area contributed by atoms with Gasteiger partial charge in [-0.1, -0.05) is 18.6 Å². The maximum absolute atomic E-state index is 13.3. The van der Waals surface area contributed by atoms with Crippen molar-refractivity contribution >= 4 is 23.1 Å². The maximum atomic E-state index is 13.3. The second-order valence-electron chi connectivity index (χ2n) is 7.27. The van der Waals surface area contributed by atoms with Crippen molar-refractivity contribution in [3.8, 4) is 0 Å². The molecule has 2 fully saturated rings. The number of benzene rings is 1. The number of carbonyl (C=O) groups is 1. The molecule has 6 heteroatoms. The summed E-state index contributed by atoms with van der Waals surface area (Å²) in [6.45, 7) is 1.02. The molecule has 1 aromatic carbocycles. The molecule has 4 rings (SSSR count). The Balaban J connectivity index is 1.35. The molecular formula is C20H24FN3OS. The van der Waals surface area contributed by atoms with Gasteiger partial charge in [0, 0.05) is 35.2 Å². The van der Waals surface area contributed by atoms with Gasteiger partial charge in [-0.25, -0.2) is 9.18 Å². The zero-order valence-electron chi connectivity index (χ0n) is 14.7. The molecule has 3 atom stereocenters. The van der Waals surface area contributed by atoms with Crippen LogP contribution in [0.2, 0.25) is 0 Å². The van der Waals surface area contributed by atoms with Crippen molar-refractivity contribution in [1.82, 2.24) is 10.2 Å². The summed E-state index contributed by atoms with van der Waals surface area (Å²) < 4.78 is 13.3. The van der Waals surface area contributed by atoms with Gasteiger partial charge in [0.2, 0.25) is 0 Å². The van der Waals surface area contributed by atoms with Crippen molar-refractivity contribution in [3.63, 3.8) is 0 Å². The van der Waals surface area contributed by atoms with E-state index in [-0.39, 0.29) is 17.9 Å². The zero-order chi connectivity index (χ0) is 17.9. The van der Waals surface area contributed by atoms with Crippen LogP contribution in [0.15, 0.2) is 41.8 Å². The summed E-state index contributed by atoms with van der Waals surface area (Å²) in [5.74, 6) is -0.348. The van der Waals surface area contributed by atoms with E-state index in [2.05, 4.69) is 33.0 Å². The van der Waals surface area contributed by atoms with Crippen LogP contribution in [0.1, 0.15) is 37.0 Å². The van der Waals surface area contributed by atoms with Crippen molar-refractivity contribution in [2.24, 2.45) is 0 Å². The van der Waals surface area contributed by atoms with Gasteiger partial charge in [-0.3, -0.25) is 4.90 Å². The summed E-state index contributed by atoms with van der Waals surface area (Å²) in [6, 6.07) is 11.3. The number of rotatable bonds is 4. The summed E-state index contributed by atoms with van der Waals surface area (Å²) in [6.07, 6.45) is 5.65. The summed E-state index contributed by atoms with van der Waals surface area (Å²) in [5, 5.41) is 7.97. The summed E-state index contributed by atoms with van der Waals surface area (Å²) in [4.78, 5) is 16.3. The Bertz CT molecular complexity index is 737. The van der Waals surface area contributed by atoms with Crippen LogP contribution in [0.4, 0.5) is 14.9 Å². The second kappa shape index (κ2) is 7.76. The first-order valence-corrected chi connectivity index (χ1v) is 10.2. The highest BCUT2D eigenvalue weighted by Crippen LogP contribution is 2.35. The van der Waals surface area contributed by atoms with Gasteiger partial charge in [0.15, 0.2) is 0 Å². The Hall–Kier alpha value is -1.92. The molecule has 0 radical (unpaired) electrons. The Kier molecular flexibility index (Phi) is 5.22. The molecule has 3 heterocycles. The van der Waals surface area contributed by atoms with E-state index in [4.69, 9.17) is 0 Å². The van der Waals surface area contributed by atoms with Gasteiger partial charge in [-0.2, -0.15) is 0 Å². The number of carbonyl (C=O) groups excluding carboxylic acids is 1. The minimum atomic E-state index is -0.348. The Morgan fingerprint density at radius 3 is 2.69 bits per heavy atom. The average molecular weight is 373 g/mol. The van der Waals surface area contributed by atoms with E-state index < -0.39 is 0 Å². The molecule has 4 nitrogen and oxygen atoms in total. The normalized spacial score (nSPS) is 25.7. The lowest BCUT2D eigenvalue weighted by Gasteiger charge is -2.48. The Morgan fingerprint density at radius 1 is 1.19 bits per heavy atom. The first-order chi connectivity index (χ1) is 12.7. The largest absolute Gasteiger partial charge is 0.335 e. The predicted octanol–water partition coefficient (Wildman–Crippen LogP) is 4.59. The molecule has 2 aromatic rings. The van der Waals surface area contributed by atoms with Crippen molar-refractivity contribution in [3.05, 3.63) is 52.5 Å². The highest BCUT2D eigenvalue weighted by molar-refractivity contribution is 7.09. The molecule has 1 unspecified atom stereocenters. The Morgan fingerprint density at radius 2 is 2.00 bits per heavy atom. The molecule has 2 aliphatic heterocycles. The number of halogens is 1. The lowest BCUT2D eigenvalue weighted by atomic mass is 9.81. The fraction of sp³-hybridized carbons (Fsp3) is 0.450. The Labute approximate surface area is 157 Å². The van der Waals surface area contributed by atoms with Crippen LogP contribution in [-0.4, -0.2) is 29.1 Å². The number of anilines is 1. The number of amides is 2. The third-order valence-corrected chi connectivity index (χ3v) is 6.32. The summed E-state index contributed by atoms with van der Waals surface area (Å²) in [7, 11) is 0. The van der Waals surface area contributed by atoms with Crippen LogP contribution in [0.3, 0.4) is 0 Å². The van der Waals surface area contributed by atoms with Crippen molar-refractivity contribution in [2.45, 2.75) is 56.8 Å². The smallest absolute Gasteiger partial charge is 0.319 e. The summed E-state index contributed by atoms with van der Waals surface area (Å²) >= 11 is 1.82. The molecule has 0 spiro atoms. The van der Waals surface area contributed by atoms with Crippen LogP contribution in [0.5, 0.6) is 0 Å². The van der Waals surface area contributed by atoms with Gasteiger partial charge in [-0.05, 0) is 55.3 Å². The van der Waals surface area contributed by atoms with Gasteiger partial charge >= 0.3 is 6.03 Å². The van der Waals surface area contributed by atoms with Crippen LogP contribution >= 0.6 is 11.3 Å². The van der Waals surface area contributed by atoms with Crippen LogP contribution in [0, 0.1) is 5.82 Å².